The molecule has 5 nitrogen and oxygen atoms in total. The van der Waals surface area contributed by atoms with Crippen LogP contribution < -0.4 is 5.73 Å². The van der Waals surface area contributed by atoms with Gasteiger partial charge in [-0.15, -0.1) is 0 Å². The Hall–Kier alpha value is -2.66. The van der Waals surface area contributed by atoms with Crippen molar-refractivity contribution >= 4 is 16.9 Å². The number of aliphatic carboxylic acids is 1. The third kappa shape index (κ3) is 2.58. The smallest absolute Gasteiger partial charge is 0.320 e. The van der Waals surface area contributed by atoms with Crippen LogP contribution in [0.25, 0.3) is 22.0 Å². The van der Waals surface area contributed by atoms with Gasteiger partial charge in [0.15, 0.2) is 0 Å². The monoisotopic (exact) mass is 295 g/mol. The van der Waals surface area contributed by atoms with Crippen molar-refractivity contribution in [2.24, 2.45) is 5.73 Å². The fourth-order valence-corrected chi connectivity index (χ4v) is 2.68. The Morgan fingerprint density at radius 3 is 2.68 bits per heavy atom. The fourth-order valence-electron chi connectivity index (χ4n) is 2.68. The van der Waals surface area contributed by atoms with Crippen molar-refractivity contribution in [1.29, 1.82) is 0 Å². The molecule has 1 unspecified atom stereocenters. The zero-order valence-corrected chi connectivity index (χ0v) is 12.2. The van der Waals surface area contributed by atoms with Crippen LogP contribution in [0.5, 0.6) is 0 Å². The number of rotatable bonds is 4. The van der Waals surface area contributed by atoms with Gasteiger partial charge in [0, 0.05) is 35.4 Å². The number of carbonyl (C=O) groups is 1. The van der Waals surface area contributed by atoms with E-state index in [2.05, 4.69) is 16.0 Å². The van der Waals surface area contributed by atoms with Crippen LogP contribution in [-0.2, 0) is 11.2 Å². The van der Waals surface area contributed by atoms with E-state index >= 15 is 0 Å². The Morgan fingerprint density at radius 1 is 1.27 bits per heavy atom. The predicted octanol–water partition coefficient (Wildman–Crippen LogP) is 2.49. The summed E-state index contributed by atoms with van der Waals surface area (Å²) >= 11 is 0. The molecule has 0 spiro atoms. The molecule has 0 amide bonds. The van der Waals surface area contributed by atoms with Gasteiger partial charge in [-0.05, 0) is 41.8 Å². The Morgan fingerprint density at radius 2 is 2.00 bits per heavy atom. The second-order valence-electron chi connectivity index (χ2n) is 5.37. The minimum atomic E-state index is -0.984. The number of aromatic amines is 1. The number of pyridine rings is 1. The fraction of sp³-hybridized carbons (Fsp3) is 0.176. The second-order valence-corrected chi connectivity index (χ2v) is 5.37. The van der Waals surface area contributed by atoms with Gasteiger partial charge in [-0.2, -0.15) is 0 Å². The Balaban J connectivity index is 2.03. The molecule has 0 aliphatic carbocycles. The van der Waals surface area contributed by atoms with Gasteiger partial charge < -0.3 is 15.8 Å². The molecule has 0 bridgehead atoms. The van der Waals surface area contributed by atoms with Gasteiger partial charge in [-0.1, -0.05) is 12.1 Å². The number of H-pyrrole nitrogens is 1. The van der Waals surface area contributed by atoms with Crippen LogP contribution in [0.2, 0.25) is 0 Å². The minimum Gasteiger partial charge on any atom is -0.480 e. The maximum Gasteiger partial charge on any atom is 0.320 e. The molecule has 4 N–H and O–H groups in total. The standard InChI is InChI=1S/C17H17N3O2/c1-10-14(9-15(18)17(21)22)13-3-2-12(8-16(13)20-10)11-4-6-19-7-5-11/h2-8,15,20H,9,18H2,1H3,(H,21,22). The molecule has 0 aliphatic rings. The molecule has 0 fully saturated rings. The zero-order valence-electron chi connectivity index (χ0n) is 12.2. The lowest BCUT2D eigenvalue weighted by molar-refractivity contribution is -0.138. The van der Waals surface area contributed by atoms with E-state index in [1.54, 1.807) is 12.4 Å². The number of aryl methyl sites for hydroxylation is 1. The van der Waals surface area contributed by atoms with E-state index in [-0.39, 0.29) is 0 Å². The summed E-state index contributed by atoms with van der Waals surface area (Å²) in [5.74, 6) is -0.984. The third-order valence-corrected chi connectivity index (χ3v) is 3.87. The average molecular weight is 295 g/mol. The summed E-state index contributed by atoms with van der Waals surface area (Å²) in [7, 11) is 0. The van der Waals surface area contributed by atoms with Gasteiger partial charge in [0.25, 0.3) is 0 Å². The first-order valence-electron chi connectivity index (χ1n) is 7.06. The van der Waals surface area contributed by atoms with Crippen LogP contribution in [0.15, 0.2) is 42.7 Å². The molecule has 22 heavy (non-hydrogen) atoms. The first-order valence-corrected chi connectivity index (χ1v) is 7.06. The van der Waals surface area contributed by atoms with Crippen molar-refractivity contribution in [2.45, 2.75) is 19.4 Å². The highest BCUT2D eigenvalue weighted by molar-refractivity contribution is 5.89. The number of nitrogens with zero attached hydrogens (tertiary/aromatic N) is 1. The highest BCUT2D eigenvalue weighted by atomic mass is 16.4. The lowest BCUT2D eigenvalue weighted by Crippen LogP contribution is -2.32. The highest BCUT2D eigenvalue weighted by Crippen LogP contribution is 2.28. The first kappa shape index (κ1) is 14.3. The van der Waals surface area contributed by atoms with E-state index in [4.69, 9.17) is 10.8 Å². The minimum absolute atomic E-state index is 0.315. The van der Waals surface area contributed by atoms with E-state index in [1.165, 1.54) is 0 Å². The van der Waals surface area contributed by atoms with Gasteiger partial charge in [-0.25, -0.2) is 0 Å². The van der Waals surface area contributed by atoms with Crippen molar-refractivity contribution in [3.8, 4) is 11.1 Å². The maximum absolute atomic E-state index is 11.0. The highest BCUT2D eigenvalue weighted by Gasteiger charge is 2.17. The molecule has 2 heterocycles. The van der Waals surface area contributed by atoms with Crippen molar-refractivity contribution in [2.75, 3.05) is 0 Å². The first-order chi connectivity index (χ1) is 10.6. The van der Waals surface area contributed by atoms with Crippen molar-refractivity contribution in [3.05, 3.63) is 54.0 Å². The Labute approximate surface area is 127 Å². The van der Waals surface area contributed by atoms with Crippen LogP contribution in [-0.4, -0.2) is 27.1 Å². The molecule has 0 radical (unpaired) electrons. The predicted molar refractivity (Wildman–Crippen MR) is 85.6 cm³/mol. The number of benzene rings is 1. The summed E-state index contributed by atoms with van der Waals surface area (Å²) in [4.78, 5) is 18.3. The van der Waals surface area contributed by atoms with E-state index in [0.717, 1.165) is 33.3 Å². The van der Waals surface area contributed by atoms with Crippen LogP contribution >= 0.6 is 0 Å². The van der Waals surface area contributed by atoms with E-state index in [1.807, 2.05) is 31.2 Å². The molecule has 0 saturated heterocycles. The quantitative estimate of drug-likeness (QED) is 0.689. The number of carboxylic acid groups (broad SMARTS) is 1. The molecule has 3 rings (SSSR count). The average Bonchev–Trinajstić information content (AvgIpc) is 2.83. The van der Waals surface area contributed by atoms with Gasteiger partial charge in [-0.3, -0.25) is 9.78 Å². The number of nitrogens with one attached hydrogen (secondary N) is 1. The maximum atomic E-state index is 11.0. The van der Waals surface area contributed by atoms with E-state index in [9.17, 15) is 4.79 Å². The number of carboxylic acids is 1. The van der Waals surface area contributed by atoms with Crippen LogP contribution in [0.1, 0.15) is 11.3 Å². The molecule has 112 valence electrons. The van der Waals surface area contributed by atoms with Crippen molar-refractivity contribution in [1.82, 2.24) is 9.97 Å². The lowest BCUT2D eigenvalue weighted by atomic mass is 10.0. The molecular weight excluding hydrogens is 278 g/mol. The second kappa shape index (κ2) is 5.61. The summed E-state index contributed by atoms with van der Waals surface area (Å²) in [5, 5.41) is 10.0. The van der Waals surface area contributed by atoms with Gasteiger partial charge in [0.1, 0.15) is 6.04 Å². The molecule has 0 saturated carbocycles. The number of hydrogen-bond donors (Lipinski definition) is 3. The van der Waals surface area contributed by atoms with Crippen molar-refractivity contribution < 1.29 is 9.90 Å². The topological polar surface area (TPSA) is 92.0 Å². The zero-order chi connectivity index (χ0) is 15.7. The largest absolute Gasteiger partial charge is 0.480 e. The van der Waals surface area contributed by atoms with E-state index in [0.29, 0.717) is 6.42 Å². The van der Waals surface area contributed by atoms with Crippen LogP contribution in [0.3, 0.4) is 0 Å². The number of hydrogen-bond acceptors (Lipinski definition) is 3. The number of nitrogens with two attached hydrogens (primary N) is 1. The molecular formula is C17H17N3O2. The number of aromatic nitrogens is 2. The van der Waals surface area contributed by atoms with Crippen molar-refractivity contribution in [3.63, 3.8) is 0 Å². The molecule has 1 aromatic carbocycles. The molecule has 0 aliphatic heterocycles. The van der Waals surface area contributed by atoms with Gasteiger partial charge >= 0.3 is 5.97 Å². The summed E-state index contributed by atoms with van der Waals surface area (Å²) in [6.07, 6.45) is 3.84. The summed E-state index contributed by atoms with van der Waals surface area (Å²) in [6.45, 7) is 1.94. The number of fused-ring (bicyclic) bond motifs is 1. The Bertz CT molecular complexity index is 825. The summed E-state index contributed by atoms with van der Waals surface area (Å²) < 4.78 is 0. The van der Waals surface area contributed by atoms with E-state index < -0.39 is 12.0 Å². The SMILES string of the molecule is Cc1[nH]c2cc(-c3ccncc3)ccc2c1CC(N)C(=O)O. The Kier molecular flexibility index (Phi) is 3.65. The summed E-state index contributed by atoms with van der Waals surface area (Å²) in [6, 6.07) is 9.13. The summed E-state index contributed by atoms with van der Waals surface area (Å²) in [5.41, 5.74) is 10.8. The molecule has 3 aromatic rings. The van der Waals surface area contributed by atoms with Gasteiger partial charge in [0.2, 0.25) is 0 Å². The molecule has 5 heteroatoms. The molecule has 1 atom stereocenters. The van der Waals surface area contributed by atoms with Gasteiger partial charge in [0.05, 0.1) is 0 Å². The lowest BCUT2D eigenvalue weighted by Gasteiger charge is -2.07. The van der Waals surface area contributed by atoms with Crippen LogP contribution in [0, 0.1) is 6.92 Å². The normalized spacial score (nSPS) is 12.5. The van der Waals surface area contributed by atoms with Crippen LogP contribution in [0.4, 0.5) is 0 Å². The third-order valence-electron chi connectivity index (χ3n) is 3.87. The molecule has 2 aromatic heterocycles.